The molecule has 1 aliphatic rings. The van der Waals surface area contributed by atoms with Gasteiger partial charge in [0.15, 0.2) is 0 Å². The second-order valence-corrected chi connectivity index (χ2v) is 8.00. The molecule has 0 unspecified atom stereocenters. The SMILES string of the molecule is Cc1ccc2cccc(OCC3CCN(C(=O)OC(C)(C)C)CC3)c2n1. The van der Waals surface area contributed by atoms with E-state index in [9.17, 15) is 4.79 Å². The average Bonchev–Trinajstić information content (AvgIpc) is 2.59. The summed E-state index contributed by atoms with van der Waals surface area (Å²) in [4.78, 5) is 18.6. The second kappa shape index (κ2) is 7.52. The molecule has 1 fully saturated rings. The zero-order valence-corrected chi connectivity index (χ0v) is 16.1. The van der Waals surface area contributed by atoms with Crippen molar-refractivity contribution in [2.45, 2.75) is 46.1 Å². The number of aryl methyl sites for hydroxylation is 1. The number of pyridine rings is 1. The van der Waals surface area contributed by atoms with E-state index in [1.165, 1.54) is 0 Å². The molecule has 1 aromatic carbocycles. The van der Waals surface area contributed by atoms with Crippen molar-refractivity contribution in [2.75, 3.05) is 19.7 Å². The molecule has 0 aliphatic carbocycles. The minimum absolute atomic E-state index is 0.217. The lowest BCUT2D eigenvalue weighted by Crippen LogP contribution is -2.42. The van der Waals surface area contributed by atoms with Gasteiger partial charge in [-0.2, -0.15) is 0 Å². The fourth-order valence-electron chi connectivity index (χ4n) is 3.15. The number of rotatable bonds is 3. The van der Waals surface area contributed by atoms with Crippen LogP contribution in [0, 0.1) is 12.8 Å². The van der Waals surface area contributed by atoms with Crippen LogP contribution in [-0.2, 0) is 4.74 Å². The summed E-state index contributed by atoms with van der Waals surface area (Å²) in [6, 6.07) is 10.1. The zero-order valence-electron chi connectivity index (χ0n) is 16.1. The van der Waals surface area contributed by atoms with Gasteiger partial charge < -0.3 is 14.4 Å². The van der Waals surface area contributed by atoms with Gasteiger partial charge in [0.2, 0.25) is 0 Å². The summed E-state index contributed by atoms with van der Waals surface area (Å²) in [6.45, 7) is 9.76. The van der Waals surface area contributed by atoms with E-state index in [1.54, 1.807) is 4.90 Å². The van der Waals surface area contributed by atoms with Crippen molar-refractivity contribution in [3.63, 3.8) is 0 Å². The highest BCUT2D eigenvalue weighted by Crippen LogP contribution is 2.26. The largest absolute Gasteiger partial charge is 0.491 e. The van der Waals surface area contributed by atoms with Crippen molar-refractivity contribution < 1.29 is 14.3 Å². The molecule has 140 valence electrons. The zero-order chi connectivity index (χ0) is 18.7. The van der Waals surface area contributed by atoms with Crippen LogP contribution in [0.3, 0.4) is 0 Å². The first-order chi connectivity index (χ1) is 12.3. The van der Waals surface area contributed by atoms with Crippen molar-refractivity contribution in [1.29, 1.82) is 0 Å². The fraction of sp³-hybridized carbons (Fsp3) is 0.524. The van der Waals surface area contributed by atoms with E-state index in [0.717, 1.165) is 48.3 Å². The van der Waals surface area contributed by atoms with E-state index < -0.39 is 5.60 Å². The van der Waals surface area contributed by atoms with E-state index in [2.05, 4.69) is 11.1 Å². The van der Waals surface area contributed by atoms with Crippen LogP contribution in [0.2, 0.25) is 0 Å². The minimum atomic E-state index is -0.448. The summed E-state index contributed by atoms with van der Waals surface area (Å²) in [5.74, 6) is 1.27. The van der Waals surface area contributed by atoms with Crippen LogP contribution in [0.1, 0.15) is 39.3 Å². The summed E-state index contributed by atoms with van der Waals surface area (Å²) in [5, 5.41) is 1.09. The lowest BCUT2D eigenvalue weighted by molar-refractivity contribution is 0.0165. The monoisotopic (exact) mass is 356 g/mol. The number of fused-ring (bicyclic) bond motifs is 1. The molecule has 2 aromatic rings. The Morgan fingerprint density at radius 2 is 1.92 bits per heavy atom. The first-order valence-electron chi connectivity index (χ1n) is 9.29. The van der Waals surface area contributed by atoms with Crippen LogP contribution >= 0.6 is 0 Å². The molecule has 0 bridgehead atoms. The highest BCUT2D eigenvalue weighted by atomic mass is 16.6. The maximum absolute atomic E-state index is 12.1. The van der Waals surface area contributed by atoms with Gasteiger partial charge in [0, 0.05) is 24.2 Å². The van der Waals surface area contributed by atoms with Crippen molar-refractivity contribution >= 4 is 17.0 Å². The summed E-state index contributed by atoms with van der Waals surface area (Å²) >= 11 is 0. The number of amides is 1. The third-order valence-electron chi connectivity index (χ3n) is 4.56. The van der Waals surface area contributed by atoms with Gasteiger partial charge in [-0.05, 0) is 58.6 Å². The quantitative estimate of drug-likeness (QED) is 0.808. The molecular formula is C21H28N2O3. The van der Waals surface area contributed by atoms with Crippen LogP contribution < -0.4 is 4.74 Å². The van der Waals surface area contributed by atoms with Gasteiger partial charge in [0.05, 0.1) is 6.61 Å². The minimum Gasteiger partial charge on any atom is -0.491 e. The predicted octanol–water partition coefficient (Wildman–Crippen LogP) is 4.57. The topological polar surface area (TPSA) is 51.7 Å². The Labute approximate surface area is 155 Å². The Hall–Kier alpha value is -2.30. The molecule has 3 rings (SSSR count). The second-order valence-electron chi connectivity index (χ2n) is 8.00. The standard InChI is InChI=1S/C21H28N2O3/c1-15-8-9-17-6-5-7-18(19(17)22-15)25-14-16-10-12-23(13-11-16)20(24)26-21(2,3)4/h5-9,16H,10-14H2,1-4H3. The van der Waals surface area contributed by atoms with Gasteiger partial charge in [-0.1, -0.05) is 18.2 Å². The lowest BCUT2D eigenvalue weighted by atomic mass is 9.98. The lowest BCUT2D eigenvalue weighted by Gasteiger charge is -2.33. The molecule has 26 heavy (non-hydrogen) atoms. The van der Waals surface area contributed by atoms with Crippen LogP contribution in [0.15, 0.2) is 30.3 Å². The molecule has 0 N–H and O–H groups in total. The van der Waals surface area contributed by atoms with Crippen molar-refractivity contribution in [3.8, 4) is 5.75 Å². The third-order valence-corrected chi connectivity index (χ3v) is 4.56. The summed E-state index contributed by atoms with van der Waals surface area (Å²) in [6.07, 6.45) is 1.64. The van der Waals surface area contributed by atoms with E-state index in [0.29, 0.717) is 12.5 Å². The molecule has 2 heterocycles. The number of carbonyl (C=O) groups is 1. The van der Waals surface area contributed by atoms with Gasteiger partial charge in [-0.15, -0.1) is 0 Å². The Bertz CT molecular complexity index is 774. The molecule has 1 saturated heterocycles. The van der Waals surface area contributed by atoms with Crippen LogP contribution in [0.5, 0.6) is 5.75 Å². The van der Waals surface area contributed by atoms with E-state index in [4.69, 9.17) is 9.47 Å². The smallest absolute Gasteiger partial charge is 0.410 e. The van der Waals surface area contributed by atoms with Crippen LogP contribution in [0.25, 0.3) is 10.9 Å². The van der Waals surface area contributed by atoms with Crippen molar-refractivity contribution in [1.82, 2.24) is 9.88 Å². The van der Waals surface area contributed by atoms with Gasteiger partial charge in [-0.25, -0.2) is 9.78 Å². The normalized spacial score (nSPS) is 15.9. The first-order valence-corrected chi connectivity index (χ1v) is 9.29. The number of hydrogen-bond donors (Lipinski definition) is 0. The predicted molar refractivity (Wildman–Crippen MR) is 103 cm³/mol. The van der Waals surface area contributed by atoms with Gasteiger partial charge >= 0.3 is 6.09 Å². The fourth-order valence-corrected chi connectivity index (χ4v) is 3.15. The van der Waals surface area contributed by atoms with Crippen molar-refractivity contribution in [3.05, 3.63) is 36.0 Å². The number of likely N-dealkylation sites (tertiary alicyclic amines) is 1. The van der Waals surface area contributed by atoms with Crippen LogP contribution in [0.4, 0.5) is 4.79 Å². The molecule has 5 nitrogen and oxygen atoms in total. The van der Waals surface area contributed by atoms with Crippen LogP contribution in [-0.4, -0.2) is 41.3 Å². The number of para-hydroxylation sites is 1. The number of nitrogens with zero attached hydrogens (tertiary/aromatic N) is 2. The summed E-state index contributed by atoms with van der Waals surface area (Å²) in [5.41, 5.74) is 1.45. The Balaban J connectivity index is 1.55. The molecule has 0 atom stereocenters. The maximum atomic E-state index is 12.1. The van der Waals surface area contributed by atoms with Gasteiger partial charge in [0.25, 0.3) is 0 Å². The first kappa shape index (κ1) is 18.5. The molecule has 0 spiro atoms. The number of benzene rings is 1. The van der Waals surface area contributed by atoms with E-state index >= 15 is 0 Å². The summed E-state index contributed by atoms with van der Waals surface area (Å²) < 4.78 is 11.5. The Kier molecular flexibility index (Phi) is 5.35. The number of ether oxygens (including phenoxy) is 2. The highest BCUT2D eigenvalue weighted by Gasteiger charge is 2.27. The molecule has 5 heteroatoms. The third kappa shape index (κ3) is 4.65. The Morgan fingerprint density at radius 1 is 1.19 bits per heavy atom. The number of carbonyl (C=O) groups excluding carboxylic acids is 1. The molecule has 1 aliphatic heterocycles. The number of aromatic nitrogens is 1. The summed E-state index contributed by atoms with van der Waals surface area (Å²) in [7, 11) is 0. The Morgan fingerprint density at radius 3 is 2.62 bits per heavy atom. The number of hydrogen-bond acceptors (Lipinski definition) is 4. The molecule has 1 aromatic heterocycles. The highest BCUT2D eigenvalue weighted by molar-refractivity contribution is 5.84. The molecular weight excluding hydrogens is 328 g/mol. The molecule has 1 amide bonds. The molecule has 0 saturated carbocycles. The van der Waals surface area contributed by atoms with Gasteiger partial charge in [-0.3, -0.25) is 0 Å². The van der Waals surface area contributed by atoms with E-state index in [1.807, 2.05) is 52.0 Å². The average molecular weight is 356 g/mol. The molecule has 0 radical (unpaired) electrons. The maximum Gasteiger partial charge on any atom is 0.410 e. The van der Waals surface area contributed by atoms with Gasteiger partial charge in [0.1, 0.15) is 16.9 Å². The van der Waals surface area contributed by atoms with Crippen molar-refractivity contribution in [2.24, 2.45) is 5.92 Å². The van der Waals surface area contributed by atoms with E-state index in [-0.39, 0.29) is 6.09 Å². The number of piperidine rings is 1.